The monoisotopic (exact) mass is 408 g/mol. The highest BCUT2D eigenvalue weighted by atomic mass is 16.5. The van der Waals surface area contributed by atoms with Crippen molar-refractivity contribution >= 4 is 23.1 Å². The van der Waals surface area contributed by atoms with Gasteiger partial charge in [0.1, 0.15) is 11.4 Å². The first-order valence-corrected chi connectivity index (χ1v) is 10.0. The molecule has 0 fully saturated rings. The summed E-state index contributed by atoms with van der Waals surface area (Å²) in [5, 5.41) is 3.22. The van der Waals surface area contributed by atoms with Crippen molar-refractivity contribution in [2.45, 2.75) is 33.8 Å². The molecular weight excluding hydrogens is 380 g/mol. The molecule has 0 spiro atoms. The molecule has 0 saturated carbocycles. The van der Waals surface area contributed by atoms with Crippen molar-refractivity contribution in [3.8, 4) is 5.75 Å². The number of carbonyl (C=O) groups excluding carboxylic acids is 2. The van der Waals surface area contributed by atoms with Crippen LogP contribution in [0.1, 0.15) is 30.5 Å². The van der Waals surface area contributed by atoms with Crippen molar-refractivity contribution < 1.29 is 19.1 Å². The quantitative estimate of drug-likeness (QED) is 0.671. The predicted molar refractivity (Wildman–Crippen MR) is 117 cm³/mol. The fourth-order valence-corrected chi connectivity index (χ4v) is 3.39. The van der Waals surface area contributed by atoms with Gasteiger partial charge in [0.05, 0.1) is 31.9 Å². The standard InChI is InChI=1S/C24H28N2O4/c1-15(2)30-13-12-26-23(27)21(18-7-9-19(29-5)10-8-18)22(24(26)28)25-20-11-6-16(3)14-17(20)4/h6-11,14-15,25H,12-13H2,1-5H3. The first-order chi connectivity index (χ1) is 14.3. The third-order valence-electron chi connectivity index (χ3n) is 4.95. The van der Waals surface area contributed by atoms with E-state index in [1.165, 1.54) is 4.90 Å². The summed E-state index contributed by atoms with van der Waals surface area (Å²) in [6, 6.07) is 13.1. The van der Waals surface area contributed by atoms with Gasteiger partial charge in [-0.15, -0.1) is 0 Å². The molecule has 1 aliphatic heterocycles. The van der Waals surface area contributed by atoms with Gasteiger partial charge in [-0.1, -0.05) is 29.8 Å². The summed E-state index contributed by atoms with van der Waals surface area (Å²) in [5.74, 6) is 0.00476. The fourth-order valence-electron chi connectivity index (χ4n) is 3.39. The lowest BCUT2D eigenvalue weighted by atomic mass is 10.0. The molecule has 30 heavy (non-hydrogen) atoms. The van der Waals surface area contributed by atoms with E-state index in [-0.39, 0.29) is 30.2 Å². The van der Waals surface area contributed by atoms with Crippen LogP contribution in [0.15, 0.2) is 48.2 Å². The largest absolute Gasteiger partial charge is 0.497 e. The second-order valence-corrected chi connectivity index (χ2v) is 7.60. The lowest BCUT2D eigenvalue weighted by Gasteiger charge is -2.17. The lowest BCUT2D eigenvalue weighted by molar-refractivity contribution is -0.137. The Labute approximate surface area is 177 Å². The molecule has 1 N–H and O–H groups in total. The molecule has 0 saturated heterocycles. The van der Waals surface area contributed by atoms with Crippen molar-refractivity contribution in [2.75, 3.05) is 25.6 Å². The van der Waals surface area contributed by atoms with E-state index in [2.05, 4.69) is 5.32 Å². The maximum Gasteiger partial charge on any atom is 0.278 e. The summed E-state index contributed by atoms with van der Waals surface area (Å²) >= 11 is 0. The van der Waals surface area contributed by atoms with E-state index in [4.69, 9.17) is 9.47 Å². The van der Waals surface area contributed by atoms with Gasteiger partial charge in [0, 0.05) is 5.69 Å². The normalized spacial score (nSPS) is 14.1. The Morgan fingerprint density at radius 2 is 1.70 bits per heavy atom. The summed E-state index contributed by atoms with van der Waals surface area (Å²) < 4.78 is 10.8. The minimum Gasteiger partial charge on any atom is -0.497 e. The van der Waals surface area contributed by atoms with Gasteiger partial charge in [0.2, 0.25) is 0 Å². The van der Waals surface area contributed by atoms with Crippen LogP contribution in [0.25, 0.3) is 5.57 Å². The molecule has 3 rings (SSSR count). The molecule has 0 atom stereocenters. The van der Waals surface area contributed by atoms with E-state index >= 15 is 0 Å². The van der Waals surface area contributed by atoms with Crippen molar-refractivity contribution in [3.63, 3.8) is 0 Å². The summed E-state index contributed by atoms with van der Waals surface area (Å²) in [4.78, 5) is 27.6. The fraction of sp³-hybridized carbons (Fsp3) is 0.333. The average molecular weight is 408 g/mol. The Hall–Kier alpha value is -3.12. The van der Waals surface area contributed by atoms with Crippen LogP contribution in [0.2, 0.25) is 0 Å². The number of nitrogens with one attached hydrogen (secondary N) is 1. The molecule has 0 unspecified atom stereocenters. The molecule has 0 radical (unpaired) electrons. The third kappa shape index (κ3) is 4.54. The number of ether oxygens (including phenoxy) is 2. The Kier molecular flexibility index (Phi) is 6.57. The van der Waals surface area contributed by atoms with Gasteiger partial charge in [0.25, 0.3) is 11.8 Å². The van der Waals surface area contributed by atoms with Crippen LogP contribution in [0.3, 0.4) is 0 Å². The summed E-state index contributed by atoms with van der Waals surface area (Å²) in [5.41, 5.74) is 4.22. The number of aryl methyl sites for hydroxylation is 2. The van der Waals surface area contributed by atoms with E-state index in [0.29, 0.717) is 23.5 Å². The molecule has 0 aliphatic carbocycles. The number of nitrogens with zero attached hydrogens (tertiary/aromatic N) is 1. The first kappa shape index (κ1) is 21.6. The van der Waals surface area contributed by atoms with Crippen molar-refractivity contribution in [1.29, 1.82) is 0 Å². The minimum atomic E-state index is -0.349. The molecule has 0 bridgehead atoms. The molecule has 158 valence electrons. The molecule has 0 aromatic heterocycles. The highest BCUT2D eigenvalue weighted by Gasteiger charge is 2.39. The second-order valence-electron chi connectivity index (χ2n) is 7.60. The zero-order valence-electron chi connectivity index (χ0n) is 18.1. The van der Waals surface area contributed by atoms with Gasteiger partial charge in [-0.05, 0) is 57.0 Å². The number of hydrogen-bond donors (Lipinski definition) is 1. The van der Waals surface area contributed by atoms with Gasteiger partial charge < -0.3 is 14.8 Å². The van der Waals surface area contributed by atoms with E-state index in [0.717, 1.165) is 16.8 Å². The Morgan fingerprint density at radius 1 is 1.00 bits per heavy atom. The van der Waals surface area contributed by atoms with Crippen LogP contribution < -0.4 is 10.1 Å². The Bertz CT molecular complexity index is 977. The molecule has 6 nitrogen and oxygen atoms in total. The number of carbonyl (C=O) groups is 2. The van der Waals surface area contributed by atoms with E-state index < -0.39 is 0 Å². The number of hydrogen-bond acceptors (Lipinski definition) is 5. The number of imide groups is 1. The van der Waals surface area contributed by atoms with Crippen LogP contribution >= 0.6 is 0 Å². The predicted octanol–water partition coefficient (Wildman–Crippen LogP) is 3.93. The van der Waals surface area contributed by atoms with Crippen LogP contribution in [0.4, 0.5) is 5.69 Å². The molecular formula is C24H28N2O4. The highest BCUT2D eigenvalue weighted by Crippen LogP contribution is 2.32. The molecule has 2 amide bonds. The average Bonchev–Trinajstić information content (AvgIpc) is 2.94. The SMILES string of the molecule is COc1ccc(C2=C(Nc3ccc(C)cc3C)C(=O)N(CCOC(C)C)C2=O)cc1. The van der Waals surface area contributed by atoms with Crippen molar-refractivity contribution in [2.24, 2.45) is 0 Å². The maximum absolute atomic E-state index is 13.2. The van der Waals surface area contributed by atoms with Gasteiger partial charge in [-0.25, -0.2) is 0 Å². The minimum absolute atomic E-state index is 0.0274. The van der Waals surface area contributed by atoms with Gasteiger partial charge in [-0.3, -0.25) is 14.5 Å². The molecule has 2 aromatic carbocycles. The van der Waals surface area contributed by atoms with Gasteiger partial charge in [-0.2, -0.15) is 0 Å². The second kappa shape index (κ2) is 9.13. The zero-order chi connectivity index (χ0) is 21.8. The molecule has 6 heteroatoms. The van der Waals surface area contributed by atoms with E-state index in [9.17, 15) is 9.59 Å². The third-order valence-corrected chi connectivity index (χ3v) is 4.95. The Morgan fingerprint density at radius 3 is 2.30 bits per heavy atom. The van der Waals surface area contributed by atoms with Crippen LogP contribution in [-0.2, 0) is 14.3 Å². The first-order valence-electron chi connectivity index (χ1n) is 10.0. The number of benzene rings is 2. The summed E-state index contributed by atoms with van der Waals surface area (Å²) in [6.07, 6.45) is 0.0274. The lowest BCUT2D eigenvalue weighted by Crippen LogP contribution is -2.35. The zero-order valence-corrected chi connectivity index (χ0v) is 18.1. The van der Waals surface area contributed by atoms with Gasteiger partial charge >= 0.3 is 0 Å². The summed E-state index contributed by atoms with van der Waals surface area (Å²) in [6.45, 7) is 8.32. The topological polar surface area (TPSA) is 67.9 Å². The number of methoxy groups -OCH3 is 1. The smallest absolute Gasteiger partial charge is 0.278 e. The maximum atomic E-state index is 13.2. The molecule has 1 heterocycles. The van der Waals surface area contributed by atoms with E-state index in [1.54, 1.807) is 31.4 Å². The highest BCUT2D eigenvalue weighted by molar-refractivity contribution is 6.36. The van der Waals surface area contributed by atoms with Gasteiger partial charge in [0.15, 0.2) is 0 Å². The summed E-state index contributed by atoms with van der Waals surface area (Å²) in [7, 11) is 1.59. The molecule has 2 aromatic rings. The number of anilines is 1. The van der Waals surface area contributed by atoms with Crippen LogP contribution in [0.5, 0.6) is 5.75 Å². The van der Waals surface area contributed by atoms with Crippen molar-refractivity contribution in [1.82, 2.24) is 4.90 Å². The Balaban J connectivity index is 1.98. The van der Waals surface area contributed by atoms with Crippen LogP contribution in [0, 0.1) is 13.8 Å². The number of amides is 2. The van der Waals surface area contributed by atoms with Crippen LogP contribution in [-0.4, -0.2) is 43.1 Å². The van der Waals surface area contributed by atoms with Crippen molar-refractivity contribution in [3.05, 3.63) is 64.9 Å². The molecule has 1 aliphatic rings. The number of rotatable bonds is 8. The van der Waals surface area contributed by atoms with E-state index in [1.807, 2.05) is 45.9 Å².